The molecule has 0 nitrogen and oxygen atoms in total. The molecule has 0 atom stereocenters. The van der Waals surface area contributed by atoms with Crippen molar-refractivity contribution in [3.63, 3.8) is 0 Å². The first-order valence-electron chi connectivity index (χ1n) is 6.02. The molecule has 82 valence electrons. The van der Waals surface area contributed by atoms with Crippen LogP contribution in [0.4, 0.5) is 0 Å². The highest BCUT2D eigenvalue weighted by molar-refractivity contribution is 5.38. The second kappa shape index (κ2) is 6.12. The fourth-order valence-electron chi connectivity index (χ4n) is 2.00. The van der Waals surface area contributed by atoms with Gasteiger partial charge in [-0.25, -0.2) is 0 Å². The van der Waals surface area contributed by atoms with Crippen LogP contribution < -0.4 is 0 Å². The van der Waals surface area contributed by atoms with E-state index in [1.807, 2.05) is 0 Å². The van der Waals surface area contributed by atoms with Crippen molar-refractivity contribution >= 4 is 0 Å². The molecule has 0 fully saturated rings. The normalized spacial score (nSPS) is 35.0. The Hall–Kier alpha value is -1.56. The molecule has 2 aliphatic rings. The van der Waals surface area contributed by atoms with Gasteiger partial charge in [0.25, 0.3) is 0 Å². The van der Waals surface area contributed by atoms with Gasteiger partial charge in [0, 0.05) is 0 Å². The van der Waals surface area contributed by atoms with Crippen LogP contribution in [0.25, 0.3) is 0 Å². The molecular formula is C16H18. The molecule has 0 bridgehead atoms. The zero-order valence-corrected chi connectivity index (χ0v) is 9.60. The Morgan fingerprint density at radius 2 is 1.06 bits per heavy atom. The number of allylic oxidation sites excluding steroid dienone is 12. The van der Waals surface area contributed by atoms with Crippen molar-refractivity contribution in [2.45, 2.75) is 25.7 Å². The van der Waals surface area contributed by atoms with E-state index < -0.39 is 0 Å². The Morgan fingerprint density at radius 1 is 0.562 bits per heavy atom. The highest BCUT2D eigenvalue weighted by Crippen LogP contribution is 2.23. The topological polar surface area (TPSA) is 0 Å². The minimum Gasteiger partial charge on any atom is -0.0842 e. The third kappa shape index (κ3) is 3.23. The summed E-state index contributed by atoms with van der Waals surface area (Å²) in [5.74, 6) is 0. The first-order chi connectivity index (χ1) is 7.97. The maximum absolute atomic E-state index is 2.26. The number of hydrogen-bond acceptors (Lipinski definition) is 0. The number of rotatable bonds is 1. The van der Waals surface area contributed by atoms with Crippen LogP contribution in [0.1, 0.15) is 25.7 Å². The van der Waals surface area contributed by atoms with Crippen molar-refractivity contribution in [2.75, 3.05) is 0 Å². The van der Waals surface area contributed by atoms with Crippen molar-refractivity contribution in [1.82, 2.24) is 0 Å². The summed E-state index contributed by atoms with van der Waals surface area (Å²) in [6.07, 6.45) is 26.4. The van der Waals surface area contributed by atoms with Crippen molar-refractivity contribution < 1.29 is 0 Å². The molecule has 0 aromatic rings. The molecule has 2 aliphatic carbocycles. The maximum Gasteiger partial charge on any atom is -0.0241 e. The van der Waals surface area contributed by atoms with Gasteiger partial charge < -0.3 is 0 Å². The Morgan fingerprint density at radius 3 is 1.56 bits per heavy atom. The highest BCUT2D eigenvalue weighted by atomic mass is 14.1. The van der Waals surface area contributed by atoms with Crippen LogP contribution in [0, 0.1) is 0 Å². The van der Waals surface area contributed by atoms with E-state index >= 15 is 0 Å². The predicted molar refractivity (Wildman–Crippen MR) is 71.2 cm³/mol. The maximum atomic E-state index is 2.26. The summed E-state index contributed by atoms with van der Waals surface area (Å²) in [6.45, 7) is 0. The molecule has 0 aliphatic heterocycles. The van der Waals surface area contributed by atoms with Crippen LogP contribution in [-0.2, 0) is 0 Å². The Bertz CT molecular complexity index is 358. The third-order valence-corrected chi connectivity index (χ3v) is 2.88. The fraction of sp³-hybridized carbons (Fsp3) is 0.250. The molecule has 0 heterocycles. The molecule has 0 radical (unpaired) electrons. The lowest BCUT2D eigenvalue weighted by Crippen LogP contribution is -1.92. The molecule has 16 heavy (non-hydrogen) atoms. The van der Waals surface area contributed by atoms with Crippen LogP contribution in [-0.4, -0.2) is 0 Å². The summed E-state index contributed by atoms with van der Waals surface area (Å²) in [5.41, 5.74) is 2.97. The summed E-state index contributed by atoms with van der Waals surface area (Å²) in [6, 6.07) is 0. The monoisotopic (exact) mass is 210 g/mol. The van der Waals surface area contributed by atoms with Gasteiger partial charge >= 0.3 is 0 Å². The highest BCUT2D eigenvalue weighted by Gasteiger charge is 2.04. The van der Waals surface area contributed by atoms with E-state index in [1.165, 1.54) is 11.1 Å². The standard InChI is InChI=1S/C16H18/c1-3-7-11-15(12-8-4-1)16-13-9-5-2-6-10-14-16/h1-7,9,11,13H,8,10,12,14H2/b4-1-,6-2-,7-3-,9-5-,15-11+,16-13+. The molecule has 0 amide bonds. The Kier molecular flexibility index (Phi) is 4.18. The van der Waals surface area contributed by atoms with Gasteiger partial charge in [-0.3, -0.25) is 0 Å². The van der Waals surface area contributed by atoms with Gasteiger partial charge in [0.2, 0.25) is 0 Å². The third-order valence-electron chi connectivity index (χ3n) is 2.88. The van der Waals surface area contributed by atoms with E-state index in [0.717, 1.165) is 25.7 Å². The van der Waals surface area contributed by atoms with Crippen LogP contribution in [0.5, 0.6) is 0 Å². The lowest BCUT2D eigenvalue weighted by atomic mass is 9.94. The molecule has 0 saturated heterocycles. The smallest absolute Gasteiger partial charge is 0.0241 e. The first kappa shape index (κ1) is 10.9. The fourth-order valence-corrected chi connectivity index (χ4v) is 2.00. The zero-order chi connectivity index (χ0) is 11.1. The summed E-state index contributed by atoms with van der Waals surface area (Å²) in [7, 11) is 0. The van der Waals surface area contributed by atoms with E-state index in [9.17, 15) is 0 Å². The molecular weight excluding hydrogens is 192 g/mol. The van der Waals surface area contributed by atoms with Crippen LogP contribution in [0.3, 0.4) is 0 Å². The first-order valence-corrected chi connectivity index (χ1v) is 6.02. The Balaban J connectivity index is 2.16. The van der Waals surface area contributed by atoms with Gasteiger partial charge in [0.1, 0.15) is 0 Å². The SMILES string of the molecule is C1=C\C=C(\C2=C\C=C/C=C\CC2)CC\C=C/1. The summed E-state index contributed by atoms with van der Waals surface area (Å²) < 4.78 is 0. The molecule has 0 aromatic heterocycles. The largest absolute Gasteiger partial charge is 0.0842 e. The van der Waals surface area contributed by atoms with Gasteiger partial charge in [-0.15, -0.1) is 0 Å². The second-order valence-corrected chi connectivity index (χ2v) is 4.09. The molecule has 0 aromatic carbocycles. The van der Waals surface area contributed by atoms with Gasteiger partial charge in [-0.1, -0.05) is 60.8 Å². The quantitative estimate of drug-likeness (QED) is 0.591. The average molecular weight is 210 g/mol. The van der Waals surface area contributed by atoms with Crippen LogP contribution in [0.15, 0.2) is 71.9 Å². The van der Waals surface area contributed by atoms with E-state index in [4.69, 9.17) is 0 Å². The second-order valence-electron chi connectivity index (χ2n) is 4.09. The van der Waals surface area contributed by atoms with Gasteiger partial charge in [0.05, 0.1) is 0 Å². The summed E-state index contributed by atoms with van der Waals surface area (Å²) in [5, 5.41) is 0. The van der Waals surface area contributed by atoms with Gasteiger partial charge in [-0.2, -0.15) is 0 Å². The van der Waals surface area contributed by atoms with Gasteiger partial charge in [0.15, 0.2) is 0 Å². The van der Waals surface area contributed by atoms with Crippen LogP contribution >= 0.6 is 0 Å². The van der Waals surface area contributed by atoms with E-state index in [0.29, 0.717) is 0 Å². The molecule has 0 N–H and O–H groups in total. The van der Waals surface area contributed by atoms with Crippen molar-refractivity contribution in [2.24, 2.45) is 0 Å². The van der Waals surface area contributed by atoms with E-state index in [2.05, 4.69) is 60.8 Å². The molecule has 2 rings (SSSR count). The summed E-state index contributed by atoms with van der Waals surface area (Å²) >= 11 is 0. The number of hydrogen-bond donors (Lipinski definition) is 0. The average Bonchev–Trinajstić information content (AvgIpc) is 2.18. The molecule has 0 unspecified atom stereocenters. The molecule has 0 heteroatoms. The predicted octanol–water partition coefficient (Wildman–Crippen LogP) is 4.65. The van der Waals surface area contributed by atoms with E-state index in [-0.39, 0.29) is 0 Å². The lowest BCUT2D eigenvalue weighted by Gasteiger charge is -2.11. The zero-order valence-electron chi connectivity index (χ0n) is 9.60. The molecule has 0 saturated carbocycles. The minimum atomic E-state index is 1.15. The van der Waals surface area contributed by atoms with Gasteiger partial charge in [-0.05, 0) is 36.8 Å². The van der Waals surface area contributed by atoms with Crippen molar-refractivity contribution in [1.29, 1.82) is 0 Å². The van der Waals surface area contributed by atoms with Crippen LogP contribution in [0.2, 0.25) is 0 Å². The molecule has 0 spiro atoms. The summed E-state index contributed by atoms with van der Waals surface area (Å²) in [4.78, 5) is 0. The lowest BCUT2D eigenvalue weighted by molar-refractivity contribution is 0.913. The van der Waals surface area contributed by atoms with Crippen molar-refractivity contribution in [3.05, 3.63) is 71.9 Å². The van der Waals surface area contributed by atoms with E-state index in [1.54, 1.807) is 0 Å². The minimum absolute atomic E-state index is 1.15. The van der Waals surface area contributed by atoms with Crippen molar-refractivity contribution in [3.8, 4) is 0 Å². The Labute approximate surface area is 98.1 Å².